The van der Waals surface area contributed by atoms with Crippen LogP contribution in [0.3, 0.4) is 0 Å². The van der Waals surface area contributed by atoms with Gasteiger partial charge in [-0.2, -0.15) is 0 Å². The number of nitrogens with one attached hydrogen (secondary N) is 1. The molecule has 0 radical (unpaired) electrons. The van der Waals surface area contributed by atoms with Crippen LogP contribution < -0.4 is 5.32 Å². The van der Waals surface area contributed by atoms with Crippen molar-refractivity contribution in [3.05, 3.63) is 29.3 Å². The minimum Gasteiger partial charge on any atom is -0.352 e. The number of carbonyl (C=O) groups is 1. The molecule has 1 aromatic rings. The Labute approximate surface area is 114 Å². The first-order chi connectivity index (χ1) is 9.04. The summed E-state index contributed by atoms with van der Waals surface area (Å²) in [5.74, 6) is 0.0846. The van der Waals surface area contributed by atoms with E-state index in [1.54, 1.807) is 18.2 Å². The lowest BCUT2D eigenvalue weighted by Crippen LogP contribution is -2.25. The average molecular weight is 281 g/mol. The highest BCUT2D eigenvalue weighted by atomic mass is 32.2. The van der Waals surface area contributed by atoms with E-state index in [1.165, 1.54) is 0 Å². The summed E-state index contributed by atoms with van der Waals surface area (Å²) >= 11 is 0. The maximum absolute atomic E-state index is 11.9. The van der Waals surface area contributed by atoms with Crippen LogP contribution in [0.15, 0.2) is 23.1 Å². The van der Waals surface area contributed by atoms with Crippen molar-refractivity contribution in [3.8, 4) is 0 Å². The molecule has 2 rings (SSSR count). The first-order valence-corrected chi connectivity index (χ1v) is 8.33. The SMILES string of the molecule is CCCCNC(=O)c1ccc2c(c1)CCCS2(=O)=O. The van der Waals surface area contributed by atoms with Crippen molar-refractivity contribution in [1.82, 2.24) is 5.32 Å². The molecule has 1 heterocycles. The van der Waals surface area contributed by atoms with Gasteiger partial charge in [-0.1, -0.05) is 13.3 Å². The zero-order valence-corrected chi connectivity index (χ0v) is 11.9. The smallest absolute Gasteiger partial charge is 0.251 e. The van der Waals surface area contributed by atoms with Crippen molar-refractivity contribution in [2.24, 2.45) is 0 Å². The van der Waals surface area contributed by atoms with Crippen molar-refractivity contribution in [2.75, 3.05) is 12.3 Å². The van der Waals surface area contributed by atoms with Crippen LogP contribution in [0.1, 0.15) is 42.1 Å². The number of rotatable bonds is 4. The standard InChI is InChI=1S/C14H19NO3S/c1-2-3-8-15-14(16)12-6-7-13-11(10-12)5-4-9-19(13,17)18/h6-7,10H,2-5,8-9H2,1H3,(H,15,16). The molecule has 19 heavy (non-hydrogen) atoms. The minimum absolute atomic E-state index is 0.126. The van der Waals surface area contributed by atoms with E-state index >= 15 is 0 Å². The summed E-state index contributed by atoms with van der Waals surface area (Å²) < 4.78 is 23.7. The van der Waals surface area contributed by atoms with E-state index in [9.17, 15) is 13.2 Å². The first kappa shape index (κ1) is 14.1. The number of fused-ring (bicyclic) bond motifs is 1. The van der Waals surface area contributed by atoms with Crippen LogP contribution in [0, 0.1) is 0 Å². The van der Waals surface area contributed by atoms with Gasteiger partial charge in [-0.25, -0.2) is 8.42 Å². The Balaban J connectivity index is 2.19. The molecule has 0 aromatic heterocycles. The Bertz CT molecular complexity index is 578. The number of hydrogen-bond donors (Lipinski definition) is 1. The summed E-state index contributed by atoms with van der Waals surface area (Å²) in [6, 6.07) is 4.88. The third-order valence-electron chi connectivity index (χ3n) is 3.33. The lowest BCUT2D eigenvalue weighted by molar-refractivity contribution is 0.0953. The molecule has 1 aliphatic rings. The molecule has 104 valence electrons. The molecule has 1 aromatic carbocycles. The van der Waals surface area contributed by atoms with Crippen LogP contribution >= 0.6 is 0 Å². The van der Waals surface area contributed by atoms with Crippen molar-refractivity contribution in [3.63, 3.8) is 0 Å². The molecule has 5 heteroatoms. The van der Waals surface area contributed by atoms with Crippen molar-refractivity contribution < 1.29 is 13.2 Å². The molecule has 0 atom stereocenters. The zero-order valence-electron chi connectivity index (χ0n) is 11.1. The highest BCUT2D eigenvalue weighted by molar-refractivity contribution is 7.91. The van der Waals surface area contributed by atoms with Crippen molar-refractivity contribution >= 4 is 15.7 Å². The predicted octanol–water partition coefficient (Wildman–Crippen LogP) is 1.94. The lowest BCUT2D eigenvalue weighted by Gasteiger charge is -2.17. The first-order valence-electron chi connectivity index (χ1n) is 6.68. The summed E-state index contributed by atoms with van der Waals surface area (Å²) in [5.41, 5.74) is 1.32. The van der Waals surface area contributed by atoms with Gasteiger partial charge in [-0.05, 0) is 43.0 Å². The number of amides is 1. The normalized spacial score (nSPS) is 16.7. The fraction of sp³-hybridized carbons (Fsp3) is 0.500. The lowest BCUT2D eigenvalue weighted by atomic mass is 10.1. The van der Waals surface area contributed by atoms with E-state index in [4.69, 9.17) is 0 Å². The van der Waals surface area contributed by atoms with Gasteiger partial charge in [0.2, 0.25) is 0 Å². The van der Waals surface area contributed by atoms with Crippen LogP contribution in [0.5, 0.6) is 0 Å². The molecule has 0 saturated heterocycles. The monoisotopic (exact) mass is 281 g/mol. The summed E-state index contributed by atoms with van der Waals surface area (Å²) in [6.07, 6.45) is 3.34. The van der Waals surface area contributed by atoms with Crippen LogP contribution in [0.25, 0.3) is 0 Å². The maximum atomic E-state index is 11.9. The predicted molar refractivity (Wildman–Crippen MR) is 74.1 cm³/mol. The largest absolute Gasteiger partial charge is 0.352 e. The van der Waals surface area contributed by atoms with E-state index in [0.29, 0.717) is 23.4 Å². The van der Waals surface area contributed by atoms with Crippen LogP contribution in [0.4, 0.5) is 0 Å². The van der Waals surface area contributed by atoms with Crippen LogP contribution in [-0.4, -0.2) is 26.6 Å². The summed E-state index contributed by atoms with van der Waals surface area (Å²) in [7, 11) is -3.14. The molecule has 0 bridgehead atoms. The third-order valence-corrected chi connectivity index (χ3v) is 5.23. The summed E-state index contributed by atoms with van der Waals surface area (Å²) in [5, 5.41) is 2.84. The number of unbranched alkanes of at least 4 members (excludes halogenated alkanes) is 1. The molecule has 1 aliphatic heterocycles. The number of carbonyl (C=O) groups excluding carboxylic acids is 1. The van der Waals surface area contributed by atoms with E-state index in [-0.39, 0.29) is 11.7 Å². The Hall–Kier alpha value is -1.36. The fourth-order valence-corrected chi connectivity index (χ4v) is 3.84. The van der Waals surface area contributed by atoms with Gasteiger partial charge < -0.3 is 5.32 Å². The zero-order chi connectivity index (χ0) is 13.9. The molecule has 4 nitrogen and oxygen atoms in total. The van der Waals surface area contributed by atoms with Gasteiger partial charge in [0, 0.05) is 12.1 Å². The second kappa shape index (κ2) is 5.74. The van der Waals surface area contributed by atoms with Gasteiger partial charge >= 0.3 is 0 Å². The molecular formula is C14H19NO3S. The maximum Gasteiger partial charge on any atom is 0.251 e. The average Bonchev–Trinajstić information content (AvgIpc) is 2.38. The molecule has 0 fully saturated rings. The van der Waals surface area contributed by atoms with Crippen LogP contribution in [-0.2, 0) is 16.3 Å². The minimum atomic E-state index is -3.14. The fourth-order valence-electron chi connectivity index (χ4n) is 2.26. The molecule has 0 saturated carbocycles. The van der Waals surface area contributed by atoms with Gasteiger partial charge in [-0.3, -0.25) is 4.79 Å². The van der Waals surface area contributed by atoms with Gasteiger partial charge in [-0.15, -0.1) is 0 Å². The Morgan fingerprint density at radius 1 is 1.37 bits per heavy atom. The van der Waals surface area contributed by atoms with E-state index in [0.717, 1.165) is 24.8 Å². The molecule has 1 amide bonds. The van der Waals surface area contributed by atoms with Gasteiger partial charge in [0.15, 0.2) is 9.84 Å². The molecular weight excluding hydrogens is 262 g/mol. The Morgan fingerprint density at radius 3 is 2.89 bits per heavy atom. The van der Waals surface area contributed by atoms with Crippen molar-refractivity contribution in [2.45, 2.75) is 37.5 Å². The molecule has 1 N–H and O–H groups in total. The Morgan fingerprint density at radius 2 is 2.16 bits per heavy atom. The number of sulfone groups is 1. The van der Waals surface area contributed by atoms with Gasteiger partial charge in [0.05, 0.1) is 10.6 Å². The second-order valence-electron chi connectivity index (χ2n) is 4.85. The van der Waals surface area contributed by atoms with Crippen LogP contribution in [0.2, 0.25) is 0 Å². The third kappa shape index (κ3) is 3.15. The molecule has 0 unspecified atom stereocenters. The Kier molecular flexibility index (Phi) is 4.24. The molecule has 0 spiro atoms. The number of benzene rings is 1. The topological polar surface area (TPSA) is 63.2 Å². The number of aryl methyl sites for hydroxylation is 1. The van der Waals surface area contributed by atoms with E-state index in [2.05, 4.69) is 12.2 Å². The summed E-state index contributed by atoms with van der Waals surface area (Å²) in [6.45, 7) is 2.72. The van der Waals surface area contributed by atoms with Gasteiger partial charge in [0.1, 0.15) is 0 Å². The van der Waals surface area contributed by atoms with E-state index in [1.807, 2.05) is 0 Å². The van der Waals surface area contributed by atoms with Crippen molar-refractivity contribution in [1.29, 1.82) is 0 Å². The highest BCUT2D eigenvalue weighted by Crippen LogP contribution is 2.25. The number of hydrogen-bond acceptors (Lipinski definition) is 3. The highest BCUT2D eigenvalue weighted by Gasteiger charge is 2.24. The molecule has 0 aliphatic carbocycles. The van der Waals surface area contributed by atoms with Gasteiger partial charge in [0.25, 0.3) is 5.91 Å². The second-order valence-corrected chi connectivity index (χ2v) is 6.93. The quantitative estimate of drug-likeness (QED) is 0.858. The summed E-state index contributed by atoms with van der Waals surface area (Å²) in [4.78, 5) is 12.3. The van der Waals surface area contributed by atoms with E-state index < -0.39 is 9.84 Å².